The molecule has 0 radical (unpaired) electrons. The van der Waals surface area contributed by atoms with Crippen LogP contribution in [-0.2, 0) is 4.79 Å². The van der Waals surface area contributed by atoms with Crippen LogP contribution in [0.2, 0.25) is 5.02 Å². The molecule has 1 heterocycles. The zero-order valence-corrected chi connectivity index (χ0v) is 12.8. The zero-order valence-electron chi connectivity index (χ0n) is 11.2. The topological polar surface area (TPSA) is 38.3 Å². The highest BCUT2D eigenvalue weighted by Gasteiger charge is 2.20. The molecule has 2 aromatic rings. The number of para-hydroxylation sites is 1. The molecule has 1 amide bonds. The molecule has 0 aliphatic carbocycles. The van der Waals surface area contributed by atoms with Crippen LogP contribution in [0.15, 0.2) is 52.3 Å². The van der Waals surface area contributed by atoms with Crippen molar-refractivity contribution < 1.29 is 9.53 Å². The molecule has 2 aromatic carbocycles. The summed E-state index contributed by atoms with van der Waals surface area (Å²) in [6.45, 7) is 0. The number of benzene rings is 2. The van der Waals surface area contributed by atoms with Crippen molar-refractivity contribution in [3.8, 4) is 5.75 Å². The van der Waals surface area contributed by atoms with E-state index < -0.39 is 0 Å². The van der Waals surface area contributed by atoms with Crippen LogP contribution in [0.1, 0.15) is 5.56 Å². The maximum atomic E-state index is 12.2. The van der Waals surface area contributed by atoms with E-state index in [2.05, 4.69) is 5.32 Å². The third-order valence-corrected chi connectivity index (χ3v) is 4.39. The molecule has 3 rings (SSSR count). The number of fused-ring (bicyclic) bond motifs is 1. The number of rotatable bonds is 2. The first-order valence-electron chi connectivity index (χ1n) is 6.31. The number of methoxy groups -OCH3 is 1. The van der Waals surface area contributed by atoms with Crippen molar-refractivity contribution in [2.45, 2.75) is 4.90 Å². The van der Waals surface area contributed by atoms with Crippen molar-refractivity contribution in [2.24, 2.45) is 0 Å². The summed E-state index contributed by atoms with van der Waals surface area (Å²) in [5, 5.41) is 3.48. The minimum Gasteiger partial charge on any atom is -0.496 e. The maximum absolute atomic E-state index is 12.2. The predicted octanol–water partition coefficient (Wildman–Crippen LogP) is 4.43. The normalized spacial score (nSPS) is 15.5. The van der Waals surface area contributed by atoms with Gasteiger partial charge in [0.15, 0.2) is 0 Å². The predicted molar refractivity (Wildman–Crippen MR) is 86.9 cm³/mol. The first-order valence-corrected chi connectivity index (χ1v) is 7.50. The molecule has 1 aliphatic heterocycles. The smallest absolute Gasteiger partial charge is 0.262 e. The molecule has 3 nitrogen and oxygen atoms in total. The number of nitrogens with one attached hydrogen (secondary N) is 1. The van der Waals surface area contributed by atoms with E-state index in [0.29, 0.717) is 15.7 Å². The van der Waals surface area contributed by atoms with Gasteiger partial charge in [0.05, 0.1) is 17.7 Å². The summed E-state index contributed by atoms with van der Waals surface area (Å²) < 4.78 is 5.30. The molecule has 0 bridgehead atoms. The van der Waals surface area contributed by atoms with Crippen LogP contribution >= 0.6 is 23.4 Å². The second-order valence-corrected chi connectivity index (χ2v) is 5.97. The molecule has 0 fully saturated rings. The first kappa shape index (κ1) is 14.0. The summed E-state index contributed by atoms with van der Waals surface area (Å²) in [7, 11) is 1.59. The number of hydrogen-bond donors (Lipinski definition) is 1. The minimum atomic E-state index is -0.124. The van der Waals surface area contributed by atoms with Crippen molar-refractivity contribution in [1.29, 1.82) is 0 Å². The van der Waals surface area contributed by atoms with Gasteiger partial charge >= 0.3 is 0 Å². The lowest BCUT2D eigenvalue weighted by atomic mass is 10.2. The fourth-order valence-electron chi connectivity index (χ4n) is 2.06. The average molecular weight is 318 g/mol. The lowest BCUT2D eigenvalue weighted by molar-refractivity contribution is -0.112. The molecule has 1 N–H and O–H groups in total. The Morgan fingerprint density at radius 2 is 2.05 bits per heavy atom. The monoisotopic (exact) mass is 317 g/mol. The van der Waals surface area contributed by atoms with E-state index in [-0.39, 0.29) is 5.91 Å². The number of anilines is 1. The summed E-state index contributed by atoms with van der Waals surface area (Å²) in [6.07, 6.45) is 1.79. The molecule has 106 valence electrons. The number of thioether (sulfide) groups is 1. The first-order chi connectivity index (χ1) is 10.2. The zero-order chi connectivity index (χ0) is 14.8. The van der Waals surface area contributed by atoms with Crippen molar-refractivity contribution in [1.82, 2.24) is 0 Å². The second kappa shape index (κ2) is 5.84. The van der Waals surface area contributed by atoms with Crippen molar-refractivity contribution in [3.63, 3.8) is 0 Å². The highest BCUT2D eigenvalue weighted by molar-refractivity contribution is 8.04. The van der Waals surface area contributed by atoms with Gasteiger partial charge in [-0.2, -0.15) is 0 Å². The molecule has 0 unspecified atom stereocenters. The lowest BCUT2D eigenvalue weighted by Gasteiger charge is -2.18. The molecule has 0 atom stereocenters. The van der Waals surface area contributed by atoms with Crippen molar-refractivity contribution in [3.05, 3.63) is 58.0 Å². The quantitative estimate of drug-likeness (QED) is 0.832. The maximum Gasteiger partial charge on any atom is 0.262 e. The van der Waals surface area contributed by atoms with E-state index in [1.54, 1.807) is 31.4 Å². The summed E-state index contributed by atoms with van der Waals surface area (Å²) >= 11 is 7.45. The Hall–Kier alpha value is -1.91. The summed E-state index contributed by atoms with van der Waals surface area (Å²) in [4.78, 5) is 13.8. The Morgan fingerprint density at radius 3 is 2.86 bits per heavy atom. The van der Waals surface area contributed by atoms with Gasteiger partial charge in [0.25, 0.3) is 5.91 Å². The van der Waals surface area contributed by atoms with Gasteiger partial charge in [0, 0.05) is 15.5 Å². The second-order valence-electron chi connectivity index (χ2n) is 4.45. The molecule has 0 saturated heterocycles. The van der Waals surface area contributed by atoms with E-state index in [4.69, 9.17) is 16.3 Å². The molecule has 1 aliphatic rings. The van der Waals surface area contributed by atoms with Crippen molar-refractivity contribution >= 4 is 41.0 Å². The van der Waals surface area contributed by atoms with Gasteiger partial charge in [-0.15, -0.1) is 0 Å². The van der Waals surface area contributed by atoms with Gasteiger partial charge in [-0.1, -0.05) is 35.5 Å². The standard InChI is InChI=1S/C16H12ClNO2S/c1-20-13-7-6-11(17)8-10(13)9-15-16(19)18-12-4-2-3-5-14(12)21-15/h2-9H,1H3,(H,18,19)/b15-9-. The largest absolute Gasteiger partial charge is 0.496 e. The summed E-state index contributed by atoms with van der Waals surface area (Å²) in [6, 6.07) is 13.0. The van der Waals surface area contributed by atoms with E-state index in [1.807, 2.05) is 24.3 Å². The Balaban J connectivity index is 2.01. The Labute approximate surface area is 132 Å². The fraction of sp³-hybridized carbons (Fsp3) is 0.0625. The number of carbonyl (C=O) groups excluding carboxylic acids is 1. The minimum absolute atomic E-state index is 0.124. The molecule has 0 saturated carbocycles. The number of ether oxygens (including phenoxy) is 1. The van der Waals surface area contributed by atoms with Crippen LogP contribution in [0, 0.1) is 0 Å². The van der Waals surface area contributed by atoms with E-state index >= 15 is 0 Å². The van der Waals surface area contributed by atoms with Gasteiger partial charge in [0.2, 0.25) is 0 Å². The average Bonchev–Trinajstić information content (AvgIpc) is 2.48. The van der Waals surface area contributed by atoms with Gasteiger partial charge in [-0.3, -0.25) is 4.79 Å². The summed E-state index contributed by atoms with van der Waals surface area (Å²) in [5.41, 5.74) is 1.62. The Morgan fingerprint density at radius 1 is 1.24 bits per heavy atom. The Kier molecular flexibility index (Phi) is 3.90. The molecular weight excluding hydrogens is 306 g/mol. The van der Waals surface area contributed by atoms with Crippen LogP contribution in [-0.4, -0.2) is 13.0 Å². The van der Waals surface area contributed by atoms with Crippen LogP contribution in [0.3, 0.4) is 0 Å². The number of hydrogen-bond acceptors (Lipinski definition) is 3. The molecule has 0 aromatic heterocycles. The van der Waals surface area contributed by atoms with E-state index in [0.717, 1.165) is 16.1 Å². The SMILES string of the molecule is COc1ccc(Cl)cc1/C=C1\Sc2ccccc2NC1=O. The van der Waals surface area contributed by atoms with Gasteiger partial charge in [0.1, 0.15) is 5.75 Å². The van der Waals surface area contributed by atoms with Gasteiger partial charge < -0.3 is 10.1 Å². The Bertz CT molecular complexity index is 743. The summed E-state index contributed by atoms with van der Waals surface area (Å²) in [5.74, 6) is 0.555. The van der Waals surface area contributed by atoms with Crippen LogP contribution in [0.25, 0.3) is 6.08 Å². The third-order valence-electron chi connectivity index (χ3n) is 3.06. The number of carbonyl (C=O) groups is 1. The molecule has 0 spiro atoms. The van der Waals surface area contributed by atoms with E-state index in [9.17, 15) is 4.79 Å². The van der Waals surface area contributed by atoms with Gasteiger partial charge in [-0.25, -0.2) is 0 Å². The highest BCUT2D eigenvalue weighted by atomic mass is 35.5. The lowest BCUT2D eigenvalue weighted by Crippen LogP contribution is -2.17. The molecular formula is C16H12ClNO2S. The highest BCUT2D eigenvalue weighted by Crippen LogP contribution is 2.39. The van der Waals surface area contributed by atoms with E-state index in [1.165, 1.54) is 11.8 Å². The van der Waals surface area contributed by atoms with Crippen molar-refractivity contribution in [2.75, 3.05) is 12.4 Å². The van der Waals surface area contributed by atoms with Crippen LogP contribution in [0.4, 0.5) is 5.69 Å². The molecule has 21 heavy (non-hydrogen) atoms. The number of halogens is 1. The number of amides is 1. The third kappa shape index (κ3) is 2.91. The van der Waals surface area contributed by atoms with Crippen LogP contribution < -0.4 is 10.1 Å². The van der Waals surface area contributed by atoms with Gasteiger partial charge in [-0.05, 0) is 36.4 Å². The van der Waals surface area contributed by atoms with Crippen LogP contribution in [0.5, 0.6) is 5.75 Å². The fourth-order valence-corrected chi connectivity index (χ4v) is 3.18. The molecule has 5 heteroatoms.